The van der Waals surface area contributed by atoms with E-state index in [9.17, 15) is 0 Å². The maximum absolute atomic E-state index is 6.67. The van der Waals surface area contributed by atoms with Crippen molar-refractivity contribution in [2.24, 2.45) is 0 Å². The second-order valence-electron chi connectivity index (χ2n) is 1.42. The van der Waals surface area contributed by atoms with E-state index in [0.717, 1.165) is 5.56 Å². The summed E-state index contributed by atoms with van der Waals surface area (Å²) < 4.78 is 0. The summed E-state index contributed by atoms with van der Waals surface area (Å²) in [6, 6.07) is 9.98. The molecule has 2 radical (unpaired) electrons. The molecule has 0 amide bonds. The Labute approximate surface area is 49.2 Å². The molecule has 1 rings (SSSR count). The van der Waals surface area contributed by atoms with Crippen LogP contribution in [0.3, 0.4) is 0 Å². The average molecular weight is 100 g/mol. The van der Waals surface area contributed by atoms with Gasteiger partial charge in [0.2, 0.25) is 0 Å². The van der Waals surface area contributed by atoms with E-state index in [1.165, 1.54) is 0 Å². The van der Waals surface area contributed by atoms with Crippen LogP contribution in [0.5, 0.6) is 0 Å². The van der Waals surface area contributed by atoms with Gasteiger partial charge in [0, 0.05) is 5.56 Å². The van der Waals surface area contributed by atoms with Gasteiger partial charge in [0.15, 0.2) is 0 Å². The van der Waals surface area contributed by atoms with Gasteiger partial charge in [-0.25, -0.2) is 0 Å². The van der Waals surface area contributed by atoms with Crippen molar-refractivity contribution in [3.63, 3.8) is 0 Å². The predicted molar refractivity (Wildman–Crippen MR) is 31.5 cm³/mol. The topological polar surface area (TPSA) is 0 Å². The van der Waals surface area contributed by atoms with Gasteiger partial charge in [0.05, 0.1) is 0 Å². The number of hydrogen-bond acceptors (Lipinski definition) is 0. The maximum Gasteiger partial charge on any atom is 0.0261 e. The molecule has 0 saturated heterocycles. The highest BCUT2D eigenvalue weighted by atomic mass is 13.8. The van der Waals surface area contributed by atoms with Crippen LogP contribution < -0.4 is 0 Å². The van der Waals surface area contributed by atoms with E-state index in [2.05, 4.69) is 12.0 Å². The van der Waals surface area contributed by atoms with E-state index in [1.54, 1.807) is 12.1 Å². The molecule has 0 spiro atoms. The van der Waals surface area contributed by atoms with Crippen molar-refractivity contribution >= 4 is 0 Å². The highest BCUT2D eigenvalue weighted by Crippen LogP contribution is 1.92. The van der Waals surface area contributed by atoms with E-state index < -0.39 is 0 Å². The lowest BCUT2D eigenvalue weighted by atomic mass is 10.2. The van der Waals surface area contributed by atoms with Crippen LogP contribution in [0.1, 0.15) is 5.56 Å². The minimum absolute atomic E-state index is 0.771. The Kier molecular flexibility index (Phi) is 1.34. The van der Waals surface area contributed by atoms with Crippen LogP contribution in [0, 0.1) is 18.4 Å². The van der Waals surface area contributed by atoms with Gasteiger partial charge in [0.25, 0.3) is 0 Å². The van der Waals surface area contributed by atoms with Gasteiger partial charge < -0.3 is 0 Å². The molecule has 1 aromatic carbocycles. The summed E-state index contributed by atoms with van der Waals surface area (Å²) in [4.78, 5) is 0. The van der Waals surface area contributed by atoms with Crippen LogP contribution in [0.4, 0.5) is 0 Å². The molecule has 0 heterocycles. The largest absolute Gasteiger partial charge is 0.0604 e. The lowest BCUT2D eigenvalue weighted by Gasteiger charge is -1.81. The monoisotopic (exact) mass is 100 g/mol. The smallest absolute Gasteiger partial charge is 0.0261 e. The first kappa shape index (κ1) is 4.93. The SMILES string of the molecule is [C]#Cc1c[c]ccc1. The molecule has 0 aliphatic rings. The number of rotatable bonds is 0. The molecule has 0 aliphatic carbocycles. The highest BCUT2D eigenvalue weighted by Gasteiger charge is 1.77. The van der Waals surface area contributed by atoms with E-state index in [0.29, 0.717) is 0 Å². The van der Waals surface area contributed by atoms with Gasteiger partial charge in [-0.05, 0) is 24.6 Å². The van der Waals surface area contributed by atoms with Crippen LogP contribution in [0.15, 0.2) is 24.3 Å². The molecule has 0 fully saturated rings. The van der Waals surface area contributed by atoms with E-state index in [1.807, 2.05) is 12.1 Å². The summed E-state index contributed by atoms with van der Waals surface area (Å²) >= 11 is 0. The molecule has 0 atom stereocenters. The molecular weight excluding hydrogens is 96.1 g/mol. The fraction of sp³-hybridized carbons (Fsp3) is 0. The van der Waals surface area contributed by atoms with Gasteiger partial charge in [-0.2, -0.15) is 0 Å². The molecule has 0 saturated carbocycles. The highest BCUT2D eigenvalue weighted by molar-refractivity contribution is 5.28. The lowest BCUT2D eigenvalue weighted by Crippen LogP contribution is -1.66. The summed E-state index contributed by atoms with van der Waals surface area (Å²) in [6.45, 7) is 0. The Morgan fingerprint density at radius 2 is 2.50 bits per heavy atom. The second kappa shape index (κ2) is 2.18. The van der Waals surface area contributed by atoms with Gasteiger partial charge in [-0.1, -0.05) is 18.1 Å². The second-order valence-corrected chi connectivity index (χ2v) is 1.42. The van der Waals surface area contributed by atoms with Crippen LogP contribution in [-0.4, -0.2) is 0 Å². The lowest BCUT2D eigenvalue weighted by molar-refractivity contribution is 1.63. The van der Waals surface area contributed by atoms with E-state index in [-0.39, 0.29) is 0 Å². The quantitative estimate of drug-likeness (QED) is 0.432. The van der Waals surface area contributed by atoms with Gasteiger partial charge in [-0.15, -0.1) is 0 Å². The average Bonchev–Trinajstić information content (AvgIpc) is 1.90. The summed E-state index contributed by atoms with van der Waals surface area (Å²) in [6.07, 6.45) is 6.67. The van der Waals surface area contributed by atoms with E-state index in [4.69, 9.17) is 6.42 Å². The Bertz CT molecular complexity index is 191. The fourth-order valence-corrected chi connectivity index (χ4v) is 0.471. The number of benzene rings is 1. The molecule has 0 heteroatoms. The van der Waals surface area contributed by atoms with Crippen molar-refractivity contribution in [1.29, 1.82) is 0 Å². The van der Waals surface area contributed by atoms with Crippen LogP contribution in [-0.2, 0) is 0 Å². The third-order valence-electron chi connectivity index (χ3n) is 0.851. The minimum Gasteiger partial charge on any atom is -0.0604 e. The number of hydrogen-bond donors (Lipinski definition) is 0. The molecule has 1 aromatic rings. The van der Waals surface area contributed by atoms with Crippen LogP contribution >= 0.6 is 0 Å². The van der Waals surface area contributed by atoms with Crippen molar-refractivity contribution in [3.05, 3.63) is 42.3 Å². The van der Waals surface area contributed by atoms with Crippen molar-refractivity contribution < 1.29 is 0 Å². The fourth-order valence-electron chi connectivity index (χ4n) is 0.471. The van der Waals surface area contributed by atoms with E-state index >= 15 is 0 Å². The normalized spacial score (nSPS) is 7.88. The molecule has 0 bridgehead atoms. The third-order valence-corrected chi connectivity index (χ3v) is 0.851. The molecule has 0 aliphatic heterocycles. The first-order valence-electron chi connectivity index (χ1n) is 2.32. The first-order chi connectivity index (χ1) is 3.93. The first-order valence-corrected chi connectivity index (χ1v) is 2.32. The summed E-state index contributed by atoms with van der Waals surface area (Å²) in [7, 11) is 0. The third kappa shape index (κ3) is 0.886. The Hall–Kier alpha value is -1.22. The molecule has 0 aromatic heterocycles. The van der Waals surface area contributed by atoms with Crippen molar-refractivity contribution in [2.45, 2.75) is 0 Å². The van der Waals surface area contributed by atoms with Crippen molar-refractivity contribution in [2.75, 3.05) is 0 Å². The molecule has 0 unspecified atom stereocenters. The summed E-state index contributed by atoms with van der Waals surface area (Å²) in [5.74, 6) is 2.25. The summed E-state index contributed by atoms with van der Waals surface area (Å²) in [5, 5.41) is 0. The summed E-state index contributed by atoms with van der Waals surface area (Å²) in [5.41, 5.74) is 0.771. The maximum atomic E-state index is 6.67. The molecule has 0 nitrogen and oxygen atoms in total. The standard InChI is InChI=1S/C8H4/c1-2-8-6-4-3-5-7-8/h3-4,6-7H. The molecule has 8 heavy (non-hydrogen) atoms. The predicted octanol–water partition coefficient (Wildman–Crippen LogP) is 1.42. The molecule has 36 valence electrons. The minimum atomic E-state index is 0.771. The van der Waals surface area contributed by atoms with Crippen molar-refractivity contribution in [3.8, 4) is 5.92 Å². The molecule has 0 N–H and O–H groups in total. The van der Waals surface area contributed by atoms with Gasteiger partial charge in [-0.3, -0.25) is 0 Å². The zero-order valence-electron chi connectivity index (χ0n) is 4.31. The van der Waals surface area contributed by atoms with Crippen LogP contribution in [0.25, 0.3) is 0 Å². The van der Waals surface area contributed by atoms with Gasteiger partial charge >= 0.3 is 0 Å². The Morgan fingerprint density at radius 3 is 2.88 bits per heavy atom. The van der Waals surface area contributed by atoms with Crippen LogP contribution in [0.2, 0.25) is 0 Å². The zero-order valence-corrected chi connectivity index (χ0v) is 4.31. The molecular formula is C8H4. The van der Waals surface area contributed by atoms with Crippen molar-refractivity contribution in [1.82, 2.24) is 0 Å². The zero-order chi connectivity index (χ0) is 5.82. The Morgan fingerprint density at radius 1 is 1.62 bits per heavy atom. The van der Waals surface area contributed by atoms with Gasteiger partial charge in [0.1, 0.15) is 0 Å². The Balaban J connectivity index is 3.05.